The van der Waals surface area contributed by atoms with Crippen molar-refractivity contribution in [3.05, 3.63) is 57.0 Å². The van der Waals surface area contributed by atoms with Crippen LogP contribution in [0.1, 0.15) is 0 Å². The average Bonchev–Trinajstić information content (AvgIpc) is 2.68. The fourth-order valence-electron chi connectivity index (χ4n) is 1.86. The molecule has 0 amide bonds. The van der Waals surface area contributed by atoms with Crippen LogP contribution in [0.4, 0.5) is 0 Å². The highest BCUT2D eigenvalue weighted by atomic mass is 79.9. The molecule has 0 saturated carbocycles. The Labute approximate surface area is 127 Å². The number of hydrogen-bond acceptors (Lipinski definition) is 1. The zero-order valence-electron chi connectivity index (χ0n) is 9.08. The van der Waals surface area contributed by atoms with Gasteiger partial charge in [0.25, 0.3) is 0 Å². The second kappa shape index (κ2) is 4.86. The van der Waals surface area contributed by atoms with Crippen LogP contribution in [0.2, 0.25) is 10.0 Å². The monoisotopic (exact) mass is 356 g/mol. The van der Waals surface area contributed by atoms with Crippen LogP contribution in [-0.2, 0) is 0 Å². The van der Waals surface area contributed by atoms with Crippen molar-refractivity contribution in [1.82, 2.24) is 0 Å². The third-order valence-corrected chi connectivity index (χ3v) is 5.55. The second-order valence-electron chi connectivity index (χ2n) is 3.87. The Balaban J connectivity index is 2.28. The van der Waals surface area contributed by atoms with E-state index in [1.807, 2.05) is 24.3 Å². The molecular formula is C14H7BrCl2S. The van der Waals surface area contributed by atoms with E-state index in [0.29, 0.717) is 10.0 Å². The standard InChI is InChI=1S/C14H7BrCl2S/c15-13-10-3-1-2-4-12(10)18-14(13)9-6-5-8(16)7-11(9)17/h1-7H. The Morgan fingerprint density at radius 3 is 2.50 bits per heavy atom. The SMILES string of the molecule is Clc1ccc(-c2sc3ccccc3c2Br)c(Cl)c1. The lowest BCUT2D eigenvalue weighted by Gasteiger charge is -2.02. The van der Waals surface area contributed by atoms with Crippen LogP contribution in [0.15, 0.2) is 46.9 Å². The predicted octanol–water partition coefficient (Wildman–Crippen LogP) is 6.64. The minimum Gasteiger partial charge on any atom is -0.134 e. The van der Waals surface area contributed by atoms with Crippen molar-refractivity contribution >= 4 is 60.6 Å². The summed E-state index contributed by atoms with van der Waals surface area (Å²) in [5.74, 6) is 0. The molecule has 3 aromatic rings. The Morgan fingerprint density at radius 2 is 1.78 bits per heavy atom. The van der Waals surface area contributed by atoms with Crippen LogP contribution in [0.25, 0.3) is 20.5 Å². The van der Waals surface area contributed by atoms with Crippen LogP contribution >= 0.6 is 50.5 Å². The maximum Gasteiger partial charge on any atom is 0.0512 e. The molecule has 0 saturated heterocycles. The zero-order chi connectivity index (χ0) is 12.7. The highest BCUT2D eigenvalue weighted by Crippen LogP contribution is 2.44. The van der Waals surface area contributed by atoms with Gasteiger partial charge in [-0.3, -0.25) is 0 Å². The maximum absolute atomic E-state index is 6.26. The molecule has 0 aliphatic heterocycles. The van der Waals surface area contributed by atoms with Gasteiger partial charge in [-0.25, -0.2) is 0 Å². The molecule has 3 rings (SSSR count). The summed E-state index contributed by atoms with van der Waals surface area (Å²) in [6.07, 6.45) is 0. The van der Waals surface area contributed by atoms with Gasteiger partial charge in [-0.15, -0.1) is 11.3 Å². The van der Waals surface area contributed by atoms with E-state index >= 15 is 0 Å². The van der Waals surface area contributed by atoms with Gasteiger partial charge in [0.05, 0.1) is 9.90 Å². The lowest BCUT2D eigenvalue weighted by Crippen LogP contribution is -1.76. The summed E-state index contributed by atoms with van der Waals surface area (Å²) >= 11 is 17.6. The number of thiophene rings is 1. The van der Waals surface area contributed by atoms with Gasteiger partial charge in [0.1, 0.15) is 0 Å². The smallest absolute Gasteiger partial charge is 0.0512 e. The lowest BCUT2D eigenvalue weighted by molar-refractivity contribution is 1.68. The highest BCUT2D eigenvalue weighted by molar-refractivity contribution is 9.10. The Hall–Kier alpha value is -0.540. The van der Waals surface area contributed by atoms with Crippen molar-refractivity contribution in [2.75, 3.05) is 0 Å². The molecule has 0 N–H and O–H groups in total. The van der Waals surface area contributed by atoms with Crippen LogP contribution in [0.3, 0.4) is 0 Å². The molecule has 4 heteroatoms. The number of fused-ring (bicyclic) bond motifs is 1. The van der Waals surface area contributed by atoms with Gasteiger partial charge < -0.3 is 0 Å². The molecule has 2 aromatic carbocycles. The largest absolute Gasteiger partial charge is 0.134 e. The molecule has 1 aromatic heterocycles. The normalized spacial score (nSPS) is 11.1. The van der Waals surface area contributed by atoms with Crippen LogP contribution < -0.4 is 0 Å². The lowest BCUT2D eigenvalue weighted by atomic mass is 10.1. The number of benzene rings is 2. The summed E-state index contributed by atoms with van der Waals surface area (Å²) < 4.78 is 2.33. The van der Waals surface area contributed by atoms with Gasteiger partial charge in [-0.05, 0) is 34.1 Å². The van der Waals surface area contributed by atoms with E-state index in [2.05, 4.69) is 28.1 Å². The first-order chi connectivity index (χ1) is 8.66. The summed E-state index contributed by atoms with van der Waals surface area (Å²) in [7, 11) is 0. The highest BCUT2D eigenvalue weighted by Gasteiger charge is 2.13. The minimum absolute atomic E-state index is 0.654. The topological polar surface area (TPSA) is 0 Å². The molecule has 0 fully saturated rings. The molecule has 0 radical (unpaired) electrons. The van der Waals surface area contributed by atoms with E-state index in [0.717, 1.165) is 14.9 Å². The Kier molecular flexibility index (Phi) is 3.37. The minimum atomic E-state index is 0.654. The average molecular weight is 358 g/mol. The van der Waals surface area contributed by atoms with Crippen molar-refractivity contribution in [2.45, 2.75) is 0 Å². The van der Waals surface area contributed by atoms with Crippen LogP contribution in [-0.4, -0.2) is 0 Å². The fourth-order valence-corrected chi connectivity index (χ4v) is 4.49. The first kappa shape index (κ1) is 12.5. The summed E-state index contributed by atoms with van der Waals surface area (Å²) in [5.41, 5.74) is 1.01. The molecule has 0 aliphatic carbocycles. The van der Waals surface area contributed by atoms with Crippen LogP contribution in [0, 0.1) is 0 Å². The molecule has 0 spiro atoms. The van der Waals surface area contributed by atoms with Crippen LogP contribution in [0.5, 0.6) is 0 Å². The van der Waals surface area contributed by atoms with E-state index in [1.165, 1.54) is 10.1 Å². The molecule has 0 unspecified atom stereocenters. The molecule has 18 heavy (non-hydrogen) atoms. The van der Waals surface area contributed by atoms with Gasteiger partial charge in [-0.2, -0.15) is 0 Å². The zero-order valence-corrected chi connectivity index (χ0v) is 13.0. The quantitative estimate of drug-likeness (QED) is 0.458. The van der Waals surface area contributed by atoms with Crippen molar-refractivity contribution in [3.8, 4) is 10.4 Å². The van der Waals surface area contributed by atoms with Crippen molar-refractivity contribution in [2.24, 2.45) is 0 Å². The van der Waals surface area contributed by atoms with Crippen molar-refractivity contribution in [3.63, 3.8) is 0 Å². The number of rotatable bonds is 1. The van der Waals surface area contributed by atoms with Crippen molar-refractivity contribution < 1.29 is 0 Å². The van der Waals surface area contributed by atoms with Gasteiger partial charge in [0.2, 0.25) is 0 Å². The molecule has 0 bridgehead atoms. The first-order valence-corrected chi connectivity index (χ1v) is 7.66. The maximum atomic E-state index is 6.26. The molecule has 0 aliphatic rings. The fraction of sp³-hybridized carbons (Fsp3) is 0. The van der Waals surface area contributed by atoms with Gasteiger partial charge >= 0.3 is 0 Å². The summed E-state index contributed by atoms with van der Waals surface area (Å²) in [6, 6.07) is 13.9. The number of halogens is 3. The summed E-state index contributed by atoms with van der Waals surface area (Å²) in [4.78, 5) is 1.14. The van der Waals surface area contributed by atoms with Gasteiger partial charge in [0, 0.05) is 25.1 Å². The molecule has 0 nitrogen and oxygen atoms in total. The summed E-state index contributed by atoms with van der Waals surface area (Å²) in [5, 5.41) is 2.54. The van der Waals surface area contributed by atoms with E-state index in [9.17, 15) is 0 Å². The van der Waals surface area contributed by atoms with Gasteiger partial charge in [-0.1, -0.05) is 47.5 Å². The van der Waals surface area contributed by atoms with E-state index < -0.39 is 0 Å². The predicted molar refractivity (Wildman–Crippen MR) is 85.0 cm³/mol. The molecule has 0 atom stereocenters. The molecule has 1 heterocycles. The first-order valence-electron chi connectivity index (χ1n) is 5.29. The number of hydrogen-bond donors (Lipinski definition) is 0. The Morgan fingerprint density at radius 1 is 1.00 bits per heavy atom. The van der Waals surface area contributed by atoms with Gasteiger partial charge in [0.15, 0.2) is 0 Å². The molecular weight excluding hydrogens is 351 g/mol. The van der Waals surface area contributed by atoms with Crippen molar-refractivity contribution in [1.29, 1.82) is 0 Å². The molecule has 90 valence electrons. The van der Waals surface area contributed by atoms with E-state index in [-0.39, 0.29) is 0 Å². The third-order valence-electron chi connectivity index (χ3n) is 2.71. The summed E-state index contributed by atoms with van der Waals surface area (Å²) in [6.45, 7) is 0. The third kappa shape index (κ3) is 2.08. The Bertz CT molecular complexity index is 734. The second-order valence-corrected chi connectivity index (χ2v) is 6.55. The van der Waals surface area contributed by atoms with E-state index in [1.54, 1.807) is 17.4 Å². The van der Waals surface area contributed by atoms with E-state index in [4.69, 9.17) is 23.2 Å².